The molecule has 0 bridgehead atoms. The van der Waals surface area contributed by atoms with E-state index in [1.54, 1.807) is 12.3 Å². The Kier molecular flexibility index (Phi) is 4.08. The minimum atomic E-state index is -0.210. The molecule has 2 heterocycles. The quantitative estimate of drug-likeness (QED) is 0.938. The number of halogens is 1. The van der Waals surface area contributed by atoms with E-state index < -0.39 is 0 Å². The average Bonchev–Trinajstić information content (AvgIpc) is 2.91. The van der Waals surface area contributed by atoms with Crippen molar-refractivity contribution in [2.45, 2.75) is 25.8 Å². The number of imidazole rings is 1. The zero-order valence-corrected chi connectivity index (χ0v) is 12.3. The second kappa shape index (κ2) is 6.16. The first kappa shape index (κ1) is 13.9. The third-order valence-electron chi connectivity index (χ3n) is 4.01. The van der Waals surface area contributed by atoms with Crippen molar-refractivity contribution in [1.29, 1.82) is 0 Å². The highest BCUT2D eigenvalue weighted by molar-refractivity contribution is 5.70. The number of aromatic nitrogens is 2. The lowest BCUT2D eigenvalue weighted by Crippen LogP contribution is -2.30. The van der Waals surface area contributed by atoms with Gasteiger partial charge >= 0.3 is 0 Å². The van der Waals surface area contributed by atoms with Crippen LogP contribution in [0.5, 0.6) is 0 Å². The van der Waals surface area contributed by atoms with Crippen LogP contribution in [0.1, 0.15) is 25.1 Å². The lowest BCUT2D eigenvalue weighted by molar-refractivity contribution is 0.577. The van der Waals surface area contributed by atoms with Gasteiger partial charge in [0.15, 0.2) is 0 Å². The van der Waals surface area contributed by atoms with Crippen LogP contribution in [-0.2, 0) is 13.6 Å². The van der Waals surface area contributed by atoms with Gasteiger partial charge in [0, 0.05) is 32.5 Å². The summed E-state index contributed by atoms with van der Waals surface area (Å²) in [5.41, 5.74) is 1.94. The Balaban J connectivity index is 1.79. The van der Waals surface area contributed by atoms with Gasteiger partial charge in [-0.3, -0.25) is 0 Å². The van der Waals surface area contributed by atoms with Crippen LogP contribution in [0, 0.1) is 5.82 Å². The lowest BCUT2D eigenvalue weighted by Gasteiger charge is -2.30. The minimum Gasteiger partial charge on any atom is -0.376 e. The molecule has 112 valence electrons. The van der Waals surface area contributed by atoms with Crippen LogP contribution in [0.15, 0.2) is 30.6 Å². The molecule has 0 radical (unpaired) electrons. The summed E-state index contributed by atoms with van der Waals surface area (Å²) in [6.07, 6.45) is 7.38. The molecule has 0 atom stereocenters. The molecule has 5 heteroatoms. The van der Waals surface area contributed by atoms with Gasteiger partial charge in [-0.05, 0) is 37.5 Å². The fourth-order valence-corrected chi connectivity index (χ4v) is 2.80. The maximum absolute atomic E-state index is 13.6. The van der Waals surface area contributed by atoms with Crippen LogP contribution in [0.4, 0.5) is 15.8 Å². The van der Waals surface area contributed by atoms with Gasteiger partial charge < -0.3 is 14.8 Å². The van der Waals surface area contributed by atoms with Gasteiger partial charge in [0.1, 0.15) is 11.6 Å². The molecule has 1 N–H and O–H groups in total. The minimum absolute atomic E-state index is 0.210. The number of nitrogens with one attached hydrogen (secondary N) is 1. The predicted octanol–water partition coefficient (Wildman–Crippen LogP) is 3.16. The highest BCUT2D eigenvalue weighted by Gasteiger charge is 2.15. The van der Waals surface area contributed by atoms with Crippen LogP contribution in [0.25, 0.3) is 0 Å². The SMILES string of the molecule is Cn1ccnc1CNc1cc(F)ccc1N1CCCCC1. The molecule has 1 aromatic carbocycles. The van der Waals surface area contributed by atoms with Gasteiger partial charge in [0.2, 0.25) is 0 Å². The van der Waals surface area contributed by atoms with E-state index in [0.717, 1.165) is 30.3 Å². The first-order chi connectivity index (χ1) is 10.2. The smallest absolute Gasteiger partial charge is 0.127 e. The molecule has 1 aromatic heterocycles. The van der Waals surface area contributed by atoms with Crippen molar-refractivity contribution in [1.82, 2.24) is 9.55 Å². The summed E-state index contributed by atoms with van der Waals surface area (Å²) < 4.78 is 15.5. The first-order valence-corrected chi connectivity index (χ1v) is 7.48. The number of hydrogen-bond donors (Lipinski definition) is 1. The fraction of sp³-hybridized carbons (Fsp3) is 0.438. The summed E-state index contributed by atoms with van der Waals surface area (Å²) in [5.74, 6) is 0.724. The van der Waals surface area contributed by atoms with Crippen LogP contribution >= 0.6 is 0 Å². The number of aryl methyl sites for hydroxylation is 1. The average molecular weight is 288 g/mol. The van der Waals surface area contributed by atoms with Gasteiger partial charge in [0.05, 0.1) is 17.9 Å². The van der Waals surface area contributed by atoms with Crippen LogP contribution in [0.3, 0.4) is 0 Å². The van der Waals surface area contributed by atoms with E-state index in [4.69, 9.17) is 0 Å². The maximum atomic E-state index is 13.6. The molecule has 1 saturated heterocycles. The predicted molar refractivity (Wildman–Crippen MR) is 83.0 cm³/mol. The summed E-state index contributed by atoms with van der Waals surface area (Å²) in [5, 5.41) is 3.33. The van der Waals surface area contributed by atoms with Gasteiger partial charge in [-0.1, -0.05) is 0 Å². The van der Waals surface area contributed by atoms with Crippen LogP contribution in [0.2, 0.25) is 0 Å². The molecule has 4 nitrogen and oxygen atoms in total. The number of benzene rings is 1. The maximum Gasteiger partial charge on any atom is 0.127 e. The van der Waals surface area contributed by atoms with Crippen molar-refractivity contribution in [3.8, 4) is 0 Å². The van der Waals surface area contributed by atoms with Crippen molar-refractivity contribution in [3.05, 3.63) is 42.2 Å². The van der Waals surface area contributed by atoms with Crippen molar-refractivity contribution in [2.75, 3.05) is 23.3 Å². The molecule has 0 amide bonds. The molecule has 0 saturated carbocycles. The van der Waals surface area contributed by atoms with Gasteiger partial charge in [-0.25, -0.2) is 9.37 Å². The lowest BCUT2D eigenvalue weighted by atomic mass is 10.1. The zero-order valence-electron chi connectivity index (χ0n) is 12.3. The van der Waals surface area contributed by atoms with Crippen LogP contribution < -0.4 is 10.2 Å². The van der Waals surface area contributed by atoms with E-state index in [1.807, 2.05) is 23.9 Å². The number of anilines is 2. The molecule has 21 heavy (non-hydrogen) atoms. The molecule has 1 aliphatic heterocycles. The molecular formula is C16H21FN4. The molecule has 0 aliphatic carbocycles. The van der Waals surface area contributed by atoms with E-state index in [0.29, 0.717) is 6.54 Å². The summed E-state index contributed by atoms with van der Waals surface area (Å²) >= 11 is 0. The Morgan fingerprint density at radius 2 is 2.05 bits per heavy atom. The molecule has 1 aliphatic rings. The number of rotatable bonds is 4. The van der Waals surface area contributed by atoms with Gasteiger partial charge in [-0.2, -0.15) is 0 Å². The third-order valence-corrected chi connectivity index (χ3v) is 4.01. The first-order valence-electron chi connectivity index (χ1n) is 7.48. The monoisotopic (exact) mass is 288 g/mol. The largest absolute Gasteiger partial charge is 0.376 e. The second-order valence-electron chi connectivity index (χ2n) is 5.52. The van der Waals surface area contributed by atoms with E-state index in [9.17, 15) is 4.39 Å². The number of hydrogen-bond acceptors (Lipinski definition) is 3. The second-order valence-corrected chi connectivity index (χ2v) is 5.52. The third kappa shape index (κ3) is 3.17. The zero-order chi connectivity index (χ0) is 14.7. The molecule has 1 fully saturated rings. The highest BCUT2D eigenvalue weighted by atomic mass is 19.1. The number of nitrogens with zero attached hydrogens (tertiary/aromatic N) is 3. The Morgan fingerprint density at radius 1 is 1.24 bits per heavy atom. The van der Waals surface area contributed by atoms with E-state index in [2.05, 4.69) is 15.2 Å². The van der Waals surface area contributed by atoms with E-state index in [1.165, 1.54) is 25.3 Å². The molecular weight excluding hydrogens is 267 g/mol. The topological polar surface area (TPSA) is 33.1 Å². The summed E-state index contributed by atoms with van der Waals surface area (Å²) in [6, 6.07) is 4.99. The van der Waals surface area contributed by atoms with Gasteiger partial charge in [0.25, 0.3) is 0 Å². The highest BCUT2D eigenvalue weighted by Crippen LogP contribution is 2.29. The summed E-state index contributed by atoms with van der Waals surface area (Å²) in [7, 11) is 1.96. The van der Waals surface area contributed by atoms with Crippen molar-refractivity contribution < 1.29 is 4.39 Å². The van der Waals surface area contributed by atoms with E-state index in [-0.39, 0.29) is 5.82 Å². The van der Waals surface area contributed by atoms with Crippen LogP contribution in [-0.4, -0.2) is 22.6 Å². The van der Waals surface area contributed by atoms with Crippen molar-refractivity contribution >= 4 is 11.4 Å². The Morgan fingerprint density at radius 3 is 2.76 bits per heavy atom. The Hall–Kier alpha value is -2.04. The Bertz CT molecular complexity index is 602. The van der Waals surface area contributed by atoms with Crippen molar-refractivity contribution in [2.24, 2.45) is 7.05 Å². The standard InChI is InChI=1S/C16H21FN4/c1-20-10-7-18-16(20)12-19-14-11-13(17)5-6-15(14)21-8-3-2-4-9-21/h5-7,10-11,19H,2-4,8-9,12H2,1H3. The normalized spacial score (nSPS) is 15.2. The van der Waals surface area contributed by atoms with E-state index >= 15 is 0 Å². The molecule has 0 spiro atoms. The number of piperidine rings is 1. The molecule has 3 rings (SSSR count). The summed E-state index contributed by atoms with van der Waals surface area (Å²) in [6.45, 7) is 2.68. The molecule has 2 aromatic rings. The fourth-order valence-electron chi connectivity index (χ4n) is 2.80. The van der Waals surface area contributed by atoms with Gasteiger partial charge in [-0.15, -0.1) is 0 Å². The molecule has 0 unspecified atom stereocenters. The van der Waals surface area contributed by atoms with Crippen molar-refractivity contribution in [3.63, 3.8) is 0 Å². The Labute approximate surface area is 124 Å². The summed E-state index contributed by atoms with van der Waals surface area (Å²) in [4.78, 5) is 6.63.